The van der Waals surface area contributed by atoms with E-state index in [4.69, 9.17) is 35.5 Å². The second kappa shape index (κ2) is 20.8. The number of carbonyl (C=O) groups is 2. The zero-order valence-corrected chi connectivity index (χ0v) is 36.7. The number of furan rings is 2. The minimum absolute atomic E-state index is 0. The average Bonchev–Trinajstić information content (AvgIpc) is 4.15. The van der Waals surface area contributed by atoms with Gasteiger partial charge in [-0.2, -0.15) is 37.0 Å². The van der Waals surface area contributed by atoms with Crippen LogP contribution in [0.2, 0.25) is 0 Å². The molecule has 8 rings (SSSR count). The highest BCUT2D eigenvalue weighted by molar-refractivity contribution is 7.59. The zero-order valence-electron chi connectivity index (χ0n) is 34.7. The first kappa shape index (κ1) is 47.3. The van der Waals surface area contributed by atoms with Crippen LogP contribution in [0.15, 0.2) is 79.8 Å². The monoisotopic (exact) mass is 872 g/mol. The fourth-order valence-electron chi connectivity index (χ4n) is 5.98. The molecular formula is C42H52N10O7S2. The van der Waals surface area contributed by atoms with Gasteiger partial charge >= 0.3 is 11.9 Å². The summed E-state index contributed by atoms with van der Waals surface area (Å²) in [6, 6.07) is 17.7. The fourth-order valence-corrected chi connectivity index (χ4v) is 5.98. The predicted molar refractivity (Wildman–Crippen MR) is 243 cm³/mol. The number of carboxylic acids is 1. The van der Waals surface area contributed by atoms with Crippen molar-refractivity contribution in [1.29, 1.82) is 0 Å². The van der Waals surface area contributed by atoms with Gasteiger partial charge in [0, 0.05) is 23.9 Å². The van der Waals surface area contributed by atoms with Gasteiger partial charge in [-0.15, -0.1) is 0 Å². The Kier molecular flexibility index (Phi) is 16.1. The summed E-state index contributed by atoms with van der Waals surface area (Å²) < 4.78 is 11.2. The number of nitrogens with two attached hydrogens (primary N) is 2. The number of carboxylic acid groups (broad SMARTS) is 1. The maximum Gasteiger partial charge on any atom is 0.365 e. The molecule has 2 atom stereocenters. The van der Waals surface area contributed by atoms with Crippen LogP contribution in [0.3, 0.4) is 0 Å². The molecule has 0 saturated heterocycles. The molecule has 2 saturated carbocycles. The van der Waals surface area contributed by atoms with Gasteiger partial charge in [0.2, 0.25) is 11.4 Å². The van der Waals surface area contributed by atoms with Crippen molar-refractivity contribution in [2.24, 2.45) is 33.6 Å². The molecule has 17 nitrogen and oxygen atoms in total. The summed E-state index contributed by atoms with van der Waals surface area (Å²) in [5.41, 5.74) is 14.7. The molecule has 19 heteroatoms. The van der Waals surface area contributed by atoms with E-state index in [9.17, 15) is 9.59 Å². The molecule has 2 fully saturated rings. The van der Waals surface area contributed by atoms with Crippen LogP contribution in [0.25, 0.3) is 22.2 Å². The SMILES string of the molecule is Cc1nc(N[C@@H](C)c2ccc(C(=O)O)cc2)c2cc(C)oc2n1.Cc1nc(N[C@@H](C)c2ccc(C(=O)O/N=C(\N)C3CC3)cc2)c2cc(C)oc2n1.N/C(=N\O)C1CC1.S.S. The van der Waals surface area contributed by atoms with Crippen molar-refractivity contribution in [3.63, 3.8) is 0 Å². The molecule has 2 aliphatic rings. The van der Waals surface area contributed by atoms with Crippen LogP contribution in [0, 0.1) is 39.5 Å². The molecule has 0 unspecified atom stereocenters. The molecular weight excluding hydrogens is 821 g/mol. The number of hydrogen-bond donors (Lipinski definition) is 6. The quantitative estimate of drug-likeness (QED) is 0.0237. The van der Waals surface area contributed by atoms with Crippen LogP contribution in [0.1, 0.15) is 107 Å². The van der Waals surface area contributed by atoms with Gasteiger partial charge in [0.05, 0.1) is 21.9 Å². The second-order valence-electron chi connectivity index (χ2n) is 14.6. The van der Waals surface area contributed by atoms with Crippen molar-refractivity contribution in [2.45, 2.75) is 79.3 Å². The van der Waals surface area contributed by atoms with Crippen LogP contribution >= 0.6 is 27.0 Å². The number of hydrogen-bond acceptors (Lipinski definition) is 14. The minimum atomic E-state index is -0.931. The van der Waals surface area contributed by atoms with Crippen LogP contribution in [-0.4, -0.2) is 53.9 Å². The summed E-state index contributed by atoms with van der Waals surface area (Å²) in [6.45, 7) is 11.4. The Hall–Kier alpha value is -6.34. The lowest BCUT2D eigenvalue weighted by Gasteiger charge is -2.16. The number of oxime groups is 2. The van der Waals surface area contributed by atoms with Crippen molar-refractivity contribution in [3.05, 3.63) is 106 Å². The number of aryl methyl sites for hydroxylation is 4. The molecule has 4 heterocycles. The lowest BCUT2D eigenvalue weighted by molar-refractivity contribution is 0.0513. The van der Waals surface area contributed by atoms with Gasteiger partial charge in [-0.05, 0) is 115 Å². The van der Waals surface area contributed by atoms with Crippen molar-refractivity contribution < 1.29 is 33.6 Å². The Morgan fingerprint density at radius 1 is 0.705 bits per heavy atom. The Labute approximate surface area is 366 Å². The van der Waals surface area contributed by atoms with Gasteiger partial charge in [0.1, 0.15) is 46.5 Å². The molecule has 324 valence electrons. The van der Waals surface area contributed by atoms with E-state index in [0.29, 0.717) is 57.9 Å². The number of anilines is 2. The third kappa shape index (κ3) is 12.6. The standard InChI is InChI=1S/C21H23N5O3.C17H17N3O3.C4H8N2O.2H2S/c1-11-10-17-19(24-13(3)25-20(17)28-11)23-12(2)14-4-8-16(9-5-14)21(27)29-26-18(22)15-6-7-15;1-9-8-14-15(19-11(3)20-16(14)23-9)18-10(2)12-4-6-13(7-5-12)17(21)22;5-4(6-7)3-1-2-3;;/h4-5,8-10,12,15H,6-7H2,1-3H3,(H2,22,26)(H,23,24,25);4-8,10H,1-3H3,(H,21,22)(H,18,19,20);3,7H,1-2H2,(H2,5,6);2*1H2/t12-;10-;;;/m00.../s1. The van der Waals surface area contributed by atoms with Crippen molar-refractivity contribution in [2.75, 3.05) is 10.6 Å². The summed E-state index contributed by atoms with van der Waals surface area (Å²) in [5.74, 6) is 4.20. The highest BCUT2D eigenvalue weighted by Crippen LogP contribution is 2.31. The van der Waals surface area contributed by atoms with Gasteiger partial charge in [0.15, 0.2) is 0 Å². The number of rotatable bonds is 11. The van der Waals surface area contributed by atoms with E-state index in [1.807, 2.05) is 65.8 Å². The van der Waals surface area contributed by atoms with E-state index in [0.717, 1.165) is 59.1 Å². The Morgan fingerprint density at radius 2 is 1.11 bits per heavy atom. The molecule has 0 bridgehead atoms. The number of nitrogens with one attached hydrogen (secondary N) is 2. The zero-order chi connectivity index (χ0) is 42.4. The number of benzene rings is 2. The first-order valence-corrected chi connectivity index (χ1v) is 19.2. The maximum atomic E-state index is 12.1. The van der Waals surface area contributed by atoms with Crippen LogP contribution in [0.4, 0.5) is 11.6 Å². The molecule has 2 aliphatic carbocycles. The van der Waals surface area contributed by atoms with Gasteiger partial charge in [-0.3, -0.25) is 0 Å². The molecule has 0 aliphatic heterocycles. The number of aromatic nitrogens is 4. The third-order valence-electron chi connectivity index (χ3n) is 9.61. The van der Waals surface area contributed by atoms with Gasteiger partial charge < -0.3 is 46.1 Å². The molecule has 0 spiro atoms. The first-order valence-electron chi connectivity index (χ1n) is 19.2. The topological polar surface area (TPSA) is 262 Å². The van der Waals surface area contributed by atoms with Crippen LogP contribution in [-0.2, 0) is 4.84 Å². The van der Waals surface area contributed by atoms with E-state index in [1.165, 1.54) is 0 Å². The lowest BCUT2D eigenvalue weighted by Crippen LogP contribution is -2.15. The third-order valence-corrected chi connectivity index (χ3v) is 9.61. The average molecular weight is 873 g/mol. The van der Waals surface area contributed by atoms with Crippen molar-refractivity contribution in [3.8, 4) is 0 Å². The van der Waals surface area contributed by atoms with Crippen molar-refractivity contribution >= 4 is 84.4 Å². The summed E-state index contributed by atoms with van der Waals surface area (Å²) >= 11 is 0. The normalized spacial score (nSPS) is 14.5. The number of carbonyl (C=O) groups excluding carboxylic acids is 1. The van der Waals surface area contributed by atoms with Gasteiger partial charge in [0.25, 0.3) is 0 Å². The highest BCUT2D eigenvalue weighted by atomic mass is 32.1. The first-order chi connectivity index (χ1) is 28.2. The number of amidine groups is 2. The summed E-state index contributed by atoms with van der Waals surface area (Å²) in [6.07, 6.45) is 4.19. The molecule has 61 heavy (non-hydrogen) atoms. The van der Waals surface area contributed by atoms with Crippen molar-refractivity contribution in [1.82, 2.24) is 19.9 Å². The number of fused-ring (bicyclic) bond motifs is 2. The van der Waals surface area contributed by atoms with E-state index < -0.39 is 11.9 Å². The fraction of sp³-hybridized carbons (Fsp3) is 0.333. The van der Waals surface area contributed by atoms with Crippen LogP contribution in [0.5, 0.6) is 0 Å². The van der Waals surface area contributed by atoms with E-state index >= 15 is 0 Å². The minimum Gasteiger partial charge on any atom is -0.478 e. The molecule has 0 radical (unpaired) electrons. The molecule has 2 aromatic carbocycles. The summed E-state index contributed by atoms with van der Waals surface area (Å²) in [5, 5.41) is 32.0. The predicted octanol–water partition coefficient (Wildman–Crippen LogP) is 7.93. The van der Waals surface area contributed by atoms with E-state index in [2.05, 4.69) is 40.9 Å². The molecule has 8 N–H and O–H groups in total. The van der Waals surface area contributed by atoms with E-state index in [1.54, 1.807) is 36.4 Å². The summed E-state index contributed by atoms with van der Waals surface area (Å²) in [4.78, 5) is 45.5. The summed E-state index contributed by atoms with van der Waals surface area (Å²) in [7, 11) is 0. The number of aromatic carboxylic acids is 1. The number of nitrogens with zero attached hydrogens (tertiary/aromatic N) is 6. The second-order valence-corrected chi connectivity index (χ2v) is 14.6. The lowest BCUT2D eigenvalue weighted by atomic mass is 10.1. The van der Waals surface area contributed by atoms with E-state index in [-0.39, 0.29) is 50.6 Å². The largest absolute Gasteiger partial charge is 0.478 e. The molecule has 4 aromatic heterocycles. The van der Waals surface area contributed by atoms with Crippen LogP contribution < -0.4 is 22.1 Å². The Balaban J connectivity index is 0.000000229. The maximum absolute atomic E-state index is 12.1. The Bertz CT molecular complexity index is 2520. The highest BCUT2D eigenvalue weighted by Gasteiger charge is 2.27. The van der Waals surface area contributed by atoms with Gasteiger partial charge in [-0.25, -0.2) is 19.6 Å². The molecule has 6 aromatic rings. The van der Waals surface area contributed by atoms with Gasteiger partial charge in [-0.1, -0.05) is 34.6 Å². The molecule has 0 amide bonds. The smallest absolute Gasteiger partial charge is 0.365 e. The Morgan fingerprint density at radius 3 is 1.49 bits per heavy atom.